The van der Waals surface area contributed by atoms with Crippen LogP contribution in [0.4, 0.5) is 0 Å². The number of aryl methyl sites for hydroxylation is 1. The molecule has 0 aliphatic rings. The fourth-order valence-corrected chi connectivity index (χ4v) is 2.29. The molecule has 120 valence electrons. The van der Waals surface area contributed by atoms with E-state index in [9.17, 15) is 4.79 Å². The molecule has 0 radical (unpaired) electrons. The van der Waals surface area contributed by atoms with Gasteiger partial charge >= 0.3 is 0 Å². The predicted octanol–water partition coefficient (Wildman–Crippen LogP) is 4.49. The maximum atomic E-state index is 11.7. The number of fused-ring (bicyclic) bond motifs is 1. The van der Waals surface area contributed by atoms with Gasteiger partial charge in [-0.15, -0.1) is 0 Å². The number of aromatic amines is 1. The van der Waals surface area contributed by atoms with Crippen LogP contribution in [0.3, 0.4) is 0 Å². The zero-order valence-electron chi connectivity index (χ0n) is 13.4. The molecule has 23 heavy (non-hydrogen) atoms. The summed E-state index contributed by atoms with van der Waals surface area (Å²) in [5.74, 6) is 0.523. The minimum absolute atomic E-state index is 0.111. The molecule has 0 unspecified atom stereocenters. The first kappa shape index (κ1) is 17.0. The Balaban J connectivity index is 0.000000924. The molecule has 0 aliphatic carbocycles. The Kier molecular flexibility index (Phi) is 5.77. The molecule has 0 bridgehead atoms. The zero-order chi connectivity index (χ0) is 16.8. The van der Waals surface area contributed by atoms with E-state index in [2.05, 4.69) is 9.97 Å². The summed E-state index contributed by atoms with van der Waals surface area (Å²) in [4.78, 5) is 18.7. The predicted molar refractivity (Wildman–Crippen MR) is 94.2 cm³/mol. The van der Waals surface area contributed by atoms with E-state index < -0.39 is 0 Å². The normalized spacial score (nSPS) is 10.1. The lowest BCUT2D eigenvalue weighted by atomic mass is 10.1. The molecule has 0 spiro atoms. The summed E-state index contributed by atoms with van der Waals surface area (Å²) in [6.45, 7) is 6.08. The first-order valence-corrected chi connectivity index (χ1v) is 7.87. The van der Waals surface area contributed by atoms with Crippen molar-refractivity contribution in [3.05, 3.63) is 69.2 Å². The molecule has 2 aromatic heterocycles. The van der Waals surface area contributed by atoms with Gasteiger partial charge in [-0.25, -0.2) is 0 Å². The van der Waals surface area contributed by atoms with E-state index in [-0.39, 0.29) is 5.56 Å². The summed E-state index contributed by atoms with van der Waals surface area (Å²) >= 11 is 6.22. The molecule has 0 atom stereocenters. The van der Waals surface area contributed by atoms with Crippen molar-refractivity contribution in [2.75, 3.05) is 0 Å². The zero-order valence-corrected chi connectivity index (χ0v) is 14.1. The minimum atomic E-state index is -0.111. The second-order valence-corrected chi connectivity index (χ2v) is 5.17. The summed E-state index contributed by atoms with van der Waals surface area (Å²) in [7, 11) is 0. The number of H-pyrrole nitrogens is 1. The van der Waals surface area contributed by atoms with Crippen molar-refractivity contribution in [3.8, 4) is 5.75 Å². The average Bonchev–Trinajstić information content (AvgIpc) is 2.57. The smallest absolute Gasteiger partial charge is 0.251 e. The van der Waals surface area contributed by atoms with Crippen LogP contribution in [-0.2, 0) is 6.61 Å². The van der Waals surface area contributed by atoms with E-state index in [1.54, 1.807) is 25.3 Å². The Morgan fingerprint density at radius 2 is 2.00 bits per heavy atom. The van der Waals surface area contributed by atoms with Crippen LogP contribution in [-0.4, -0.2) is 9.97 Å². The van der Waals surface area contributed by atoms with E-state index in [1.807, 2.05) is 38.1 Å². The monoisotopic (exact) mass is 330 g/mol. The van der Waals surface area contributed by atoms with Gasteiger partial charge in [-0.2, -0.15) is 0 Å². The van der Waals surface area contributed by atoms with Crippen molar-refractivity contribution < 1.29 is 4.74 Å². The lowest BCUT2D eigenvalue weighted by molar-refractivity contribution is 0.302. The van der Waals surface area contributed by atoms with Crippen LogP contribution in [0.25, 0.3) is 10.9 Å². The van der Waals surface area contributed by atoms with Crippen LogP contribution in [0, 0.1) is 6.92 Å². The molecule has 1 aromatic carbocycles. The van der Waals surface area contributed by atoms with Gasteiger partial charge in [-0.05, 0) is 31.2 Å². The van der Waals surface area contributed by atoms with Crippen LogP contribution < -0.4 is 10.3 Å². The first-order chi connectivity index (χ1) is 11.1. The van der Waals surface area contributed by atoms with E-state index in [1.165, 1.54) is 0 Å². The van der Waals surface area contributed by atoms with Crippen LogP contribution in [0.1, 0.15) is 25.1 Å². The molecular weight excluding hydrogens is 312 g/mol. The van der Waals surface area contributed by atoms with Gasteiger partial charge in [-0.3, -0.25) is 9.78 Å². The van der Waals surface area contributed by atoms with Gasteiger partial charge < -0.3 is 9.72 Å². The molecular formula is C18H19ClN2O2. The number of pyridine rings is 2. The third kappa shape index (κ3) is 4.11. The molecule has 0 aliphatic heterocycles. The van der Waals surface area contributed by atoms with Crippen LogP contribution in [0.2, 0.25) is 5.02 Å². The van der Waals surface area contributed by atoms with Gasteiger partial charge in [0.2, 0.25) is 0 Å². The van der Waals surface area contributed by atoms with Crippen molar-refractivity contribution in [2.24, 2.45) is 0 Å². The maximum absolute atomic E-state index is 11.7. The number of ether oxygens (including phenoxy) is 1. The lowest BCUT2D eigenvalue weighted by Gasteiger charge is -2.09. The highest BCUT2D eigenvalue weighted by atomic mass is 35.5. The molecule has 5 heteroatoms. The van der Waals surface area contributed by atoms with Crippen LogP contribution >= 0.6 is 11.6 Å². The average molecular weight is 331 g/mol. The van der Waals surface area contributed by atoms with Gasteiger partial charge in [-0.1, -0.05) is 31.5 Å². The number of rotatable bonds is 3. The molecule has 0 saturated heterocycles. The summed E-state index contributed by atoms with van der Waals surface area (Å²) in [6.07, 6.45) is 1.71. The Morgan fingerprint density at radius 1 is 1.22 bits per heavy atom. The number of nitrogens with zero attached hydrogens (tertiary/aromatic N) is 1. The molecule has 3 rings (SSSR count). The Hall–Kier alpha value is -2.33. The molecule has 0 fully saturated rings. The number of hydrogen-bond donors (Lipinski definition) is 1. The highest BCUT2D eigenvalue weighted by Gasteiger charge is 2.07. The van der Waals surface area contributed by atoms with Gasteiger partial charge in [0.05, 0.1) is 16.2 Å². The van der Waals surface area contributed by atoms with Gasteiger partial charge in [0.25, 0.3) is 5.56 Å². The molecule has 2 heterocycles. The van der Waals surface area contributed by atoms with E-state index in [4.69, 9.17) is 16.3 Å². The lowest BCUT2D eigenvalue weighted by Crippen LogP contribution is -2.08. The molecule has 3 aromatic rings. The molecule has 4 nitrogen and oxygen atoms in total. The number of nitrogens with one attached hydrogen (secondary N) is 1. The fourth-order valence-electron chi connectivity index (χ4n) is 2.06. The number of hydrogen-bond acceptors (Lipinski definition) is 3. The standard InChI is InChI=1S/C16H13ClN2O2.C2H6/c1-10-6-11-7-13(17)15(8-14(11)19-16(10)20)21-9-12-4-2-3-5-18-12;1-2/h2-8H,9H2,1H3,(H,19,20);1-2H3. The van der Waals surface area contributed by atoms with Crippen LogP contribution in [0.5, 0.6) is 5.75 Å². The summed E-state index contributed by atoms with van der Waals surface area (Å²) < 4.78 is 5.68. The maximum Gasteiger partial charge on any atom is 0.251 e. The quantitative estimate of drug-likeness (QED) is 0.769. The van der Waals surface area contributed by atoms with Crippen molar-refractivity contribution in [2.45, 2.75) is 27.4 Å². The van der Waals surface area contributed by atoms with Crippen LogP contribution in [0.15, 0.2) is 47.4 Å². The number of benzene rings is 1. The number of aromatic nitrogens is 2. The fraction of sp³-hybridized carbons (Fsp3) is 0.222. The minimum Gasteiger partial charge on any atom is -0.486 e. The van der Waals surface area contributed by atoms with Gasteiger partial charge in [0, 0.05) is 23.2 Å². The summed E-state index contributed by atoms with van der Waals surface area (Å²) in [5, 5.41) is 1.38. The SMILES string of the molecule is CC.Cc1cc2cc(Cl)c(OCc3ccccn3)cc2[nH]c1=O. The Morgan fingerprint density at radius 3 is 2.70 bits per heavy atom. The van der Waals surface area contributed by atoms with E-state index in [0.29, 0.717) is 28.5 Å². The summed E-state index contributed by atoms with van der Waals surface area (Å²) in [6, 6.07) is 10.9. The first-order valence-electron chi connectivity index (χ1n) is 7.49. The third-order valence-electron chi connectivity index (χ3n) is 3.18. The Bertz CT molecular complexity index is 845. The largest absolute Gasteiger partial charge is 0.486 e. The van der Waals surface area contributed by atoms with E-state index in [0.717, 1.165) is 11.1 Å². The second kappa shape index (κ2) is 7.79. The number of halogens is 1. The molecule has 0 amide bonds. The third-order valence-corrected chi connectivity index (χ3v) is 3.48. The van der Waals surface area contributed by atoms with Gasteiger partial charge in [0.15, 0.2) is 0 Å². The molecule has 1 N–H and O–H groups in total. The van der Waals surface area contributed by atoms with Crippen molar-refractivity contribution in [3.63, 3.8) is 0 Å². The topological polar surface area (TPSA) is 55.0 Å². The van der Waals surface area contributed by atoms with Crippen molar-refractivity contribution in [1.29, 1.82) is 0 Å². The van der Waals surface area contributed by atoms with Gasteiger partial charge in [0.1, 0.15) is 12.4 Å². The van der Waals surface area contributed by atoms with E-state index >= 15 is 0 Å². The summed E-state index contributed by atoms with van der Waals surface area (Å²) in [5.41, 5.74) is 2.05. The molecule has 0 saturated carbocycles. The highest BCUT2D eigenvalue weighted by Crippen LogP contribution is 2.29. The highest BCUT2D eigenvalue weighted by molar-refractivity contribution is 6.32. The second-order valence-electron chi connectivity index (χ2n) is 4.76. The van der Waals surface area contributed by atoms with Crippen molar-refractivity contribution in [1.82, 2.24) is 9.97 Å². The Labute approximate surface area is 140 Å². The van der Waals surface area contributed by atoms with Crippen molar-refractivity contribution >= 4 is 22.5 Å².